The lowest BCUT2D eigenvalue weighted by Gasteiger charge is -2.25. The molecule has 0 aliphatic rings. The van der Waals surface area contributed by atoms with E-state index in [1.807, 2.05) is 79.0 Å². The van der Waals surface area contributed by atoms with Crippen molar-refractivity contribution in [1.82, 2.24) is 30.9 Å². The van der Waals surface area contributed by atoms with Gasteiger partial charge in [0, 0.05) is 64.1 Å². The summed E-state index contributed by atoms with van der Waals surface area (Å²) in [5.41, 5.74) is 17.2. The Morgan fingerprint density at radius 1 is 0.577 bits per heavy atom. The number of hydrogen-bond acceptors (Lipinski definition) is 6. The third-order valence-corrected chi connectivity index (χ3v) is 9.48. The number of unbranched alkanes of at least 4 members (excludes halogenated alkanes) is 1. The van der Waals surface area contributed by atoms with Crippen molar-refractivity contribution in [1.29, 1.82) is 0 Å². The minimum absolute atomic E-state index is 0.0299. The number of aliphatic carboxylic acids is 1. The minimum atomic E-state index is -1.26. The predicted molar refractivity (Wildman–Crippen MR) is 200 cm³/mol. The van der Waals surface area contributed by atoms with E-state index in [0.717, 1.165) is 49.4 Å². The van der Waals surface area contributed by atoms with Gasteiger partial charge in [0.15, 0.2) is 0 Å². The molecule has 0 saturated heterocycles. The molecule has 3 aromatic heterocycles. The maximum Gasteiger partial charge on any atom is 0.326 e. The van der Waals surface area contributed by atoms with Crippen molar-refractivity contribution >= 4 is 56.4 Å². The number of carboxylic acid groups (broad SMARTS) is 1. The lowest BCUT2D eigenvalue weighted by atomic mass is 10.0. The van der Waals surface area contributed by atoms with Gasteiger partial charge in [-0.3, -0.25) is 14.4 Å². The summed E-state index contributed by atoms with van der Waals surface area (Å²) in [6.07, 6.45) is 7.02. The van der Waals surface area contributed by atoms with Crippen LogP contribution >= 0.6 is 0 Å². The summed E-state index contributed by atoms with van der Waals surface area (Å²) < 4.78 is 0. The molecule has 3 aromatic carbocycles. The van der Waals surface area contributed by atoms with E-state index >= 15 is 0 Å². The molecule has 3 amide bonds. The van der Waals surface area contributed by atoms with E-state index in [1.54, 1.807) is 12.4 Å². The number of H-pyrrole nitrogens is 3. The van der Waals surface area contributed by atoms with Gasteiger partial charge in [-0.25, -0.2) is 4.79 Å². The van der Waals surface area contributed by atoms with Gasteiger partial charge in [0.2, 0.25) is 17.7 Å². The molecule has 0 spiro atoms. The molecular formula is C39H44N8O5. The number of para-hydroxylation sites is 3. The van der Waals surface area contributed by atoms with Crippen LogP contribution in [0.4, 0.5) is 0 Å². The molecule has 0 bridgehead atoms. The number of carbonyl (C=O) groups excluding carboxylic acids is 3. The predicted octanol–water partition coefficient (Wildman–Crippen LogP) is 3.15. The van der Waals surface area contributed by atoms with E-state index in [-0.39, 0.29) is 25.7 Å². The van der Waals surface area contributed by atoms with E-state index in [2.05, 4.69) is 30.9 Å². The van der Waals surface area contributed by atoms with Crippen LogP contribution in [0, 0.1) is 0 Å². The highest BCUT2D eigenvalue weighted by Crippen LogP contribution is 2.22. The molecule has 0 saturated carbocycles. The second kappa shape index (κ2) is 16.4. The van der Waals surface area contributed by atoms with Crippen LogP contribution in [0.2, 0.25) is 0 Å². The van der Waals surface area contributed by atoms with Crippen LogP contribution in [-0.4, -0.2) is 74.5 Å². The standard InChI is InChI=1S/C39H44N8O5/c40-16-8-7-15-33(37(49)47-35(39(51)52)19-25-22-44-32-14-6-3-11-28(25)32)45-38(50)34(18-24-21-43-31-13-5-2-10-27(24)31)46-36(48)29(41)17-23-20-42-30-12-4-1-9-26(23)30/h1-6,9-14,20-22,29,33-35,42-44H,7-8,15-19,40-41H2,(H,45,50)(H,46,48)(H,47,49)(H,51,52)/t29-,33-,34-,35-/m0/s1. The number of hydrogen-bond donors (Lipinski definition) is 9. The van der Waals surface area contributed by atoms with Crippen LogP contribution in [0.25, 0.3) is 32.7 Å². The third kappa shape index (κ3) is 8.33. The van der Waals surface area contributed by atoms with E-state index in [1.165, 1.54) is 0 Å². The molecular weight excluding hydrogens is 660 g/mol. The van der Waals surface area contributed by atoms with Gasteiger partial charge in [0.25, 0.3) is 0 Å². The second-order valence-electron chi connectivity index (χ2n) is 13.1. The highest BCUT2D eigenvalue weighted by Gasteiger charge is 2.31. The maximum absolute atomic E-state index is 14.1. The Balaban J connectivity index is 1.21. The maximum atomic E-state index is 14.1. The Kier molecular flexibility index (Phi) is 11.3. The first-order chi connectivity index (χ1) is 25.2. The third-order valence-electron chi connectivity index (χ3n) is 9.48. The number of amides is 3. The van der Waals surface area contributed by atoms with Crippen LogP contribution < -0.4 is 27.4 Å². The van der Waals surface area contributed by atoms with Gasteiger partial charge in [-0.1, -0.05) is 54.6 Å². The first kappa shape index (κ1) is 35.9. The first-order valence-corrected chi connectivity index (χ1v) is 17.5. The fourth-order valence-corrected chi connectivity index (χ4v) is 6.67. The Bertz CT molecular complexity index is 2180. The molecule has 6 aromatic rings. The van der Waals surface area contributed by atoms with Gasteiger partial charge < -0.3 is 47.5 Å². The molecule has 270 valence electrons. The van der Waals surface area contributed by atoms with Crippen molar-refractivity contribution in [2.75, 3.05) is 6.54 Å². The molecule has 52 heavy (non-hydrogen) atoms. The number of carboxylic acids is 1. The first-order valence-electron chi connectivity index (χ1n) is 17.5. The highest BCUT2D eigenvalue weighted by molar-refractivity contribution is 5.95. The normalized spacial score (nSPS) is 13.8. The van der Waals surface area contributed by atoms with E-state index in [4.69, 9.17) is 11.5 Å². The Labute approximate surface area is 299 Å². The van der Waals surface area contributed by atoms with Crippen molar-refractivity contribution in [3.05, 3.63) is 108 Å². The average Bonchev–Trinajstić information content (AvgIpc) is 3.88. The molecule has 11 N–H and O–H groups in total. The zero-order chi connectivity index (χ0) is 36.6. The summed E-state index contributed by atoms with van der Waals surface area (Å²) in [4.78, 5) is 63.4. The molecule has 0 aliphatic carbocycles. The molecule has 3 heterocycles. The van der Waals surface area contributed by atoms with Gasteiger partial charge in [-0.2, -0.15) is 0 Å². The monoisotopic (exact) mass is 704 g/mol. The average molecular weight is 705 g/mol. The van der Waals surface area contributed by atoms with Crippen molar-refractivity contribution < 1.29 is 24.3 Å². The van der Waals surface area contributed by atoms with Gasteiger partial charge in [0.05, 0.1) is 6.04 Å². The zero-order valence-corrected chi connectivity index (χ0v) is 28.7. The largest absolute Gasteiger partial charge is 0.480 e. The SMILES string of the molecule is NCCCC[C@H](NC(=O)[C@H](Cc1c[nH]c2ccccc12)NC(=O)[C@@H](N)Cc1c[nH]c2ccccc12)C(=O)N[C@@H](Cc1c[nH]c2ccccc12)C(=O)O. The van der Waals surface area contributed by atoms with E-state index in [0.29, 0.717) is 19.4 Å². The van der Waals surface area contributed by atoms with Crippen LogP contribution in [0.15, 0.2) is 91.4 Å². The van der Waals surface area contributed by atoms with Gasteiger partial charge in [0.1, 0.15) is 18.1 Å². The Morgan fingerprint density at radius 3 is 1.50 bits per heavy atom. The Hall–Kier alpha value is -5.92. The summed E-state index contributed by atoms with van der Waals surface area (Å²) in [7, 11) is 0. The molecule has 0 aliphatic heterocycles. The van der Waals surface area contributed by atoms with Gasteiger partial charge in [-0.05, 0) is 67.1 Å². The molecule has 13 nitrogen and oxygen atoms in total. The lowest BCUT2D eigenvalue weighted by Crippen LogP contribution is -2.58. The van der Waals surface area contributed by atoms with Crippen LogP contribution in [0.3, 0.4) is 0 Å². The molecule has 13 heteroatoms. The topological polar surface area (TPSA) is 224 Å². The number of fused-ring (bicyclic) bond motifs is 3. The number of aromatic amines is 3. The lowest BCUT2D eigenvalue weighted by molar-refractivity contribution is -0.142. The summed E-state index contributed by atoms with van der Waals surface area (Å²) in [6, 6.07) is 18.4. The van der Waals surface area contributed by atoms with Crippen molar-refractivity contribution in [2.24, 2.45) is 11.5 Å². The van der Waals surface area contributed by atoms with Crippen LogP contribution in [0.1, 0.15) is 36.0 Å². The smallest absolute Gasteiger partial charge is 0.326 e. The minimum Gasteiger partial charge on any atom is -0.480 e. The highest BCUT2D eigenvalue weighted by atomic mass is 16.4. The Morgan fingerprint density at radius 2 is 1.00 bits per heavy atom. The summed E-state index contributed by atoms with van der Waals surface area (Å²) in [6.45, 7) is 0.383. The van der Waals surface area contributed by atoms with Crippen molar-refractivity contribution in [2.45, 2.75) is 62.7 Å². The van der Waals surface area contributed by atoms with Crippen LogP contribution in [-0.2, 0) is 38.4 Å². The van der Waals surface area contributed by atoms with Gasteiger partial charge in [-0.15, -0.1) is 0 Å². The summed E-state index contributed by atoms with van der Waals surface area (Å²) in [5.74, 6) is -2.99. The number of nitrogens with two attached hydrogens (primary N) is 2. The van der Waals surface area contributed by atoms with E-state index < -0.39 is 47.9 Å². The number of carbonyl (C=O) groups is 4. The fraction of sp³-hybridized carbons (Fsp3) is 0.282. The fourth-order valence-electron chi connectivity index (χ4n) is 6.67. The molecule has 0 radical (unpaired) electrons. The van der Waals surface area contributed by atoms with Crippen molar-refractivity contribution in [3.8, 4) is 0 Å². The molecule has 6 rings (SSSR count). The quantitative estimate of drug-likeness (QED) is 0.0645. The second-order valence-corrected chi connectivity index (χ2v) is 13.1. The molecule has 0 unspecified atom stereocenters. The molecule has 0 fully saturated rings. The van der Waals surface area contributed by atoms with Crippen molar-refractivity contribution in [3.63, 3.8) is 0 Å². The number of aromatic nitrogens is 3. The summed E-state index contributed by atoms with van der Waals surface area (Å²) >= 11 is 0. The number of nitrogens with one attached hydrogen (secondary N) is 6. The zero-order valence-electron chi connectivity index (χ0n) is 28.7. The number of rotatable bonds is 17. The van der Waals surface area contributed by atoms with Crippen LogP contribution in [0.5, 0.6) is 0 Å². The summed E-state index contributed by atoms with van der Waals surface area (Å²) in [5, 5.41) is 21.1. The molecule has 4 atom stereocenters. The van der Waals surface area contributed by atoms with E-state index in [9.17, 15) is 24.3 Å². The number of benzene rings is 3. The van der Waals surface area contributed by atoms with Gasteiger partial charge >= 0.3 is 5.97 Å².